The quantitative estimate of drug-likeness (QED) is 0.666. The van der Waals surface area contributed by atoms with E-state index in [2.05, 4.69) is 20.8 Å². The van der Waals surface area contributed by atoms with Crippen LogP contribution in [0.4, 0.5) is 9.93 Å². The monoisotopic (exact) mass is 354 g/mol. The summed E-state index contributed by atoms with van der Waals surface area (Å²) < 4.78 is 5.40. The lowest BCUT2D eigenvalue weighted by Crippen LogP contribution is -2.37. The fourth-order valence-corrected chi connectivity index (χ4v) is 3.77. The van der Waals surface area contributed by atoms with Crippen LogP contribution in [-0.2, 0) is 4.74 Å². The van der Waals surface area contributed by atoms with E-state index in [0.29, 0.717) is 23.6 Å². The average Bonchev–Trinajstić information content (AvgIpc) is 3.30. The molecule has 1 aromatic heterocycles. The number of hydrogen-bond acceptors (Lipinski definition) is 6. The number of ether oxygens (including phenoxy) is 1. The molecule has 2 fully saturated rings. The topological polar surface area (TPSA) is 96.4 Å². The van der Waals surface area contributed by atoms with Crippen molar-refractivity contribution >= 4 is 22.5 Å². The molecule has 7 nitrogen and oxygen atoms in total. The molecule has 3 rings (SSSR count). The van der Waals surface area contributed by atoms with Crippen molar-refractivity contribution in [2.24, 2.45) is 5.92 Å². The van der Waals surface area contributed by atoms with Crippen LogP contribution in [0.15, 0.2) is 0 Å². The number of carbonyl (C=O) groups excluding carboxylic acids is 1. The van der Waals surface area contributed by atoms with Crippen LogP contribution < -0.4 is 10.6 Å². The van der Waals surface area contributed by atoms with E-state index in [-0.39, 0.29) is 19.2 Å². The van der Waals surface area contributed by atoms with Gasteiger partial charge in [-0.15, -0.1) is 10.2 Å². The maximum atomic E-state index is 11.9. The molecule has 1 aromatic rings. The van der Waals surface area contributed by atoms with E-state index in [1.54, 1.807) is 0 Å². The van der Waals surface area contributed by atoms with Gasteiger partial charge in [0.05, 0.1) is 12.7 Å². The van der Waals surface area contributed by atoms with E-state index < -0.39 is 6.10 Å². The summed E-state index contributed by atoms with van der Waals surface area (Å²) in [7, 11) is 0. The summed E-state index contributed by atoms with van der Waals surface area (Å²) >= 11 is 1.44. The fraction of sp³-hybridized carbons (Fsp3) is 0.812. The molecule has 0 aliphatic heterocycles. The highest BCUT2D eigenvalue weighted by Crippen LogP contribution is 2.35. The van der Waals surface area contributed by atoms with Gasteiger partial charge in [0.25, 0.3) is 0 Å². The Bertz CT molecular complexity index is 529. The van der Waals surface area contributed by atoms with Gasteiger partial charge in [0.1, 0.15) is 5.01 Å². The number of nitrogens with one attached hydrogen (secondary N) is 2. The number of aliphatic hydroxyl groups is 1. The molecule has 1 heterocycles. The highest BCUT2D eigenvalue weighted by molar-refractivity contribution is 7.15. The zero-order chi connectivity index (χ0) is 16.8. The first-order valence-corrected chi connectivity index (χ1v) is 9.66. The predicted molar refractivity (Wildman–Crippen MR) is 92.3 cm³/mol. The maximum absolute atomic E-state index is 11.9. The molecule has 134 valence electrons. The SMILES string of the molecule is O=C(NC[C@@H](O)COCC1CC1)Nc1nnc(C2CCCCC2)s1. The number of urea groups is 1. The first-order chi connectivity index (χ1) is 11.7. The molecule has 0 spiro atoms. The van der Waals surface area contributed by atoms with Crippen molar-refractivity contribution in [1.82, 2.24) is 15.5 Å². The second-order valence-corrected chi connectivity index (χ2v) is 7.76. The molecule has 0 bridgehead atoms. The van der Waals surface area contributed by atoms with Crippen molar-refractivity contribution in [3.63, 3.8) is 0 Å². The third kappa shape index (κ3) is 5.68. The maximum Gasteiger partial charge on any atom is 0.321 e. The zero-order valence-electron chi connectivity index (χ0n) is 13.9. The largest absolute Gasteiger partial charge is 0.389 e. The van der Waals surface area contributed by atoms with Crippen molar-refractivity contribution in [3.8, 4) is 0 Å². The predicted octanol–water partition coefficient (Wildman–Crippen LogP) is 2.49. The molecule has 8 heteroatoms. The number of nitrogens with zero attached hydrogens (tertiary/aromatic N) is 2. The molecule has 1 atom stereocenters. The fourth-order valence-electron chi connectivity index (χ4n) is 2.87. The van der Waals surface area contributed by atoms with E-state index >= 15 is 0 Å². The standard InChI is InChI=1S/C16H26N4O3S/c21-13(10-23-9-11-6-7-11)8-17-15(22)18-16-20-19-14(24-16)12-4-2-1-3-5-12/h11-13,21H,1-10H2,(H2,17,18,20,22)/t13-/m1/s1. The Morgan fingerprint density at radius 2 is 2.04 bits per heavy atom. The van der Waals surface area contributed by atoms with Crippen molar-refractivity contribution in [1.29, 1.82) is 0 Å². The van der Waals surface area contributed by atoms with Crippen LogP contribution in [-0.4, -0.2) is 47.2 Å². The van der Waals surface area contributed by atoms with Crippen molar-refractivity contribution < 1.29 is 14.6 Å². The van der Waals surface area contributed by atoms with Crippen LogP contribution in [0, 0.1) is 5.92 Å². The first-order valence-electron chi connectivity index (χ1n) is 8.85. The third-order valence-corrected chi connectivity index (χ3v) is 5.48. The normalized spacial score (nSPS) is 19.9. The van der Waals surface area contributed by atoms with Crippen LogP contribution in [0.2, 0.25) is 0 Å². The summed E-state index contributed by atoms with van der Waals surface area (Å²) in [4.78, 5) is 11.9. The van der Waals surface area contributed by atoms with E-state index in [0.717, 1.165) is 17.8 Å². The van der Waals surface area contributed by atoms with E-state index in [1.807, 2.05) is 0 Å². The van der Waals surface area contributed by atoms with Crippen LogP contribution in [0.1, 0.15) is 55.9 Å². The summed E-state index contributed by atoms with van der Waals surface area (Å²) in [6.07, 6.45) is 7.87. The first kappa shape index (κ1) is 17.6. The van der Waals surface area contributed by atoms with Gasteiger partial charge in [-0.05, 0) is 31.6 Å². The van der Waals surface area contributed by atoms with E-state index in [4.69, 9.17) is 4.74 Å². The minimum absolute atomic E-state index is 0.158. The number of aliphatic hydroxyl groups excluding tert-OH is 1. The third-order valence-electron chi connectivity index (χ3n) is 4.47. The van der Waals surface area contributed by atoms with Crippen LogP contribution in [0.5, 0.6) is 0 Å². The Balaban J connectivity index is 1.34. The zero-order valence-corrected chi connectivity index (χ0v) is 14.7. The summed E-state index contributed by atoms with van der Waals surface area (Å²) in [5.41, 5.74) is 0. The van der Waals surface area contributed by atoms with Gasteiger partial charge in [0.15, 0.2) is 0 Å². The lowest BCUT2D eigenvalue weighted by molar-refractivity contribution is 0.0339. The van der Waals surface area contributed by atoms with Crippen molar-refractivity contribution in [3.05, 3.63) is 5.01 Å². The number of amides is 2. The van der Waals surface area contributed by atoms with Gasteiger partial charge < -0.3 is 15.2 Å². The Morgan fingerprint density at radius 3 is 2.79 bits per heavy atom. The Kier molecular flexibility index (Phi) is 6.39. The average molecular weight is 354 g/mol. The lowest BCUT2D eigenvalue weighted by Gasteiger charge is -2.18. The highest BCUT2D eigenvalue weighted by atomic mass is 32.1. The lowest BCUT2D eigenvalue weighted by atomic mass is 9.90. The summed E-state index contributed by atoms with van der Waals surface area (Å²) in [5, 5.41) is 24.9. The van der Waals surface area contributed by atoms with Gasteiger partial charge in [-0.25, -0.2) is 4.79 Å². The molecule has 2 saturated carbocycles. The minimum Gasteiger partial charge on any atom is -0.389 e. The minimum atomic E-state index is -0.693. The second kappa shape index (κ2) is 8.73. The molecular weight excluding hydrogens is 328 g/mol. The van der Waals surface area contributed by atoms with Gasteiger partial charge in [-0.2, -0.15) is 0 Å². The molecule has 0 radical (unpaired) electrons. The second-order valence-electron chi connectivity index (χ2n) is 6.75. The van der Waals surface area contributed by atoms with Gasteiger partial charge in [-0.1, -0.05) is 30.6 Å². The van der Waals surface area contributed by atoms with Crippen LogP contribution in [0.25, 0.3) is 0 Å². The summed E-state index contributed by atoms with van der Waals surface area (Å²) in [6.45, 7) is 1.12. The van der Waals surface area contributed by atoms with Crippen LogP contribution in [0.3, 0.4) is 0 Å². The molecule has 24 heavy (non-hydrogen) atoms. The number of anilines is 1. The van der Waals surface area contributed by atoms with Crippen molar-refractivity contribution in [2.45, 2.75) is 57.0 Å². The van der Waals surface area contributed by atoms with Crippen LogP contribution >= 0.6 is 11.3 Å². The number of rotatable bonds is 8. The molecule has 0 unspecified atom stereocenters. The Morgan fingerprint density at radius 1 is 1.25 bits per heavy atom. The van der Waals surface area contributed by atoms with Gasteiger partial charge in [0.2, 0.25) is 5.13 Å². The smallest absolute Gasteiger partial charge is 0.321 e. The molecular formula is C16H26N4O3S. The van der Waals surface area contributed by atoms with Gasteiger partial charge >= 0.3 is 6.03 Å². The molecule has 2 aliphatic carbocycles. The number of hydrogen-bond donors (Lipinski definition) is 3. The summed E-state index contributed by atoms with van der Waals surface area (Å²) in [6, 6.07) is -0.373. The molecule has 3 N–H and O–H groups in total. The molecule has 0 saturated heterocycles. The molecule has 0 aromatic carbocycles. The number of carbonyl (C=O) groups is 1. The Hall–Kier alpha value is -1.25. The Labute approximate surface area is 146 Å². The van der Waals surface area contributed by atoms with Gasteiger partial charge in [0, 0.05) is 19.1 Å². The molecule has 2 aliphatic rings. The molecule has 2 amide bonds. The van der Waals surface area contributed by atoms with E-state index in [1.165, 1.54) is 43.4 Å². The summed E-state index contributed by atoms with van der Waals surface area (Å²) in [5.74, 6) is 1.16. The van der Waals surface area contributed by atoms with Crippen molar-refractivity contribution in [2.75, 3.05) is 25.1 Å². The highest BCUT2D eigenvalue weighted by Gasteiger charge is 2.22. The van der Waals surface area contributed by atoms with E-state index in [9.17, 15) is 9.90 Å². The van der Waals surface area contributed by atoms with Gasteiger partial charge in [-0.3, -0.25) is 5.32 Å². The number of aromatic nitrogens is 2.